The van der Waals surface area contributed by atoms with E-state index >= 15 is 0 Å². The van der Waals surface area contributed by atoms with Gasteiger partial charge in [-0.25, -0.2) is 0 Å². The van der Waals surface area contributed by atoms with Crippen LogP contribution in [-0.2, 0) is 0 Å². The van der Waals surface area contributed by atoms with Gasteiger partial charge in [0.1, 0.15) is 0 Å². The van der Waals surface area contributed by atoms with Gasteiger partial charge in [-0.05, 0) is 48.9 Å². The van der Waals surface area contributed by atoms with Gasteiger partial charge >= 0.3 is 0 Å². The zero-order valence-corrected chi connectivity index (χ0v) is 12.7. The maximum absolute atomic E-state index is 3.32. The Labute approximate surface area is 122 Å². The predicted molar refractivity (Wildman–Crippen MR) is 86.2 cm³/mol. The molecule has 108 valence electrons. The van der Waals surface area contributed by atoms with Crippen LogP contribution in [0.25, 0.3) is 10.9 Å². The van der Waals surface area contributed by atoms with E-state index in [2.05, 4.69) is 48.1 Å². The third kappa shape index (κ3) is 2.90. The van der Waals surface area contributed by atoms with E-state index in [1.807, 2.05) is 6.20 Å². The normalized spacial score (nSPS) is 18.8. The maximum Gasteiger partial charge on any atom is 0.0456 e. The lowest BCUT2D eigenvalue weighted by atomic mass is 9.93. The zero-order valence-electron chi connectivity index (χ0n) is 12.7. The number of hydrogen-bond acceptors (Lipinski definition) is 1. The van der Waals surface area contributed by atoms with E-state index in [1.165, 1.54) is 48.6 Å². The number of hydrogen-bond donors (Lipinski definition) is 1. The molecule has 1 heterocycles. The van der Waals surface area contributed by atoms with Crippen molar-refractivity contribution in [3.63, 3.8) is 0 Å². The third-order valence-corrected chi connectivity index (χ3v) is 4.91. The predicted octanol–water partition coefficient (Wildman–Crippen LogP) is 4.54. The first-order valence-corrected chi connectivity index (χ1v) is 8.01. The summed E-state index contributed by atoms with van der Waals surface area (Å²) in [6.45, 7) is 3.51. The van der Waals surface area contributed by atoms with Crippen LogP contribution >= 0.6 is 0 Å². The van der Waals surface area contributed by atoms with Gasteiger partial charge in [-0.3, -0.25) is 0 Å². The molecule has 0 bridgehead atoms. The Hall–Kier alpha value is -1.28. The second kappa shape index (κ2) is 6.01. The summed E-state index contributed by atoms with van der Waals surface area (Å²) in [7, 11) is 2.31. The maximum atomic E-state index is 3.32. The van der Waals surface area contributed by atoms with Crippen molar-refractivity contribution in [2.45, 2.75) is 51.0 Å². The summed E-state index contributed by atoms with van der Waals surface area (Å²) in [4.78, 5) is 5.90. The number of aromatic nitrogens is 1. The first kappa shape index (κ1) is 13.7. The number of rotatable bonds is 4. The molecule has 3 rings (SSSR count). The van der Waals surface area contributed by atoms with Crippen molar-refractivity contribution in [2.24, 2.45) is 0 Å². The number of likely N-dealkylation sites (N-methyl/N-ethyl adjacent to an activating group) is 1. The fourth-order valence-electron chi connectivity index (χ4n) is 3.58. The minimum atomic E-state index is 0.592. The fraction of sp³-hybridized carbons (Fsp3) is 0.556. The molecule has 0 amide bonds. The van der Waals surface area contributed by atoms with Crippen molar-refractivity contribution in [2.75, 3.05) is 13.6 Å². The number of nitrogens with one attached hydrogen (secondary N) is 1. The first-order chi connectivity index (χ1) is 9.74. The van der Waals surface area contributed by atoms with Crippen molar-refractivity contribution in [1.82, 2.24) is 9.88 Å². The number of aromatic amines is 1. The number of fused-ring (bicyclic) bond motifs is 1. The van der Waals surface area contributed by atoms with Crippen LogP contribution < -0.4 is 0 Å². The Balaban J connectivity index is 1.66. The summed E-state index contributed by atoms with van der Waals surface area (Å²) < 4.78 is 0. The van der Waals surface area contributed by atoms with Crippen molar-refractivity contribution >= 4 is 10.9 Å². The highest BCUT2D eigenvalue weighted by atomic mass is 15.1. The molecule has 0 saturated heterocycles. The Bertz CT molecular complexity index is 551. The van der Waals surface area contributed by atoms with Crippen molar-refractivity contribution in [3.8, 4) is 0 Å². The van der Waals surface area contributed by atoms with Crippen molar-refractivity contribution < 1.29 is 0 Å². The average molecular weight is 270 g/mol. The fourth-order valence-corrected chi connectivity index (χ4v) is 3.58. The van der Waals surface area contributed by atoms with Crippen LogP contribution in [0, 0.1) is 0 Å². The smallest absolute Gasteiger partial charge is 0.0456 e. The molecule has 2 nitrogen and oxygen atoms in total. The lowest BCUT2D eigenvalue weighted by molar-refractivity contribution is 0.184. The monoisotopic (exact) mass is 270 g/mol. The van der Waals surface area contributed by atoms with Crippen LogP contribution in [-0.4, -0.2) is 29.5 Å². The number of benzene rings is 1. The van der Waals surface area contributed by atoms with Crippen molar-refractivity contribution in [1.29, 1.82) is 0 Å². The molecule has 1 N–H and O–H groups in total. The third-order valence-electron chi connectivity index (χ3n) is 4.91. The van der Waals surface area contributed by atoms with Crippen LogP contribution in [0.4, 0.5) is 0 Å². The molecule has 0 radical (unpaired) electrons. The molecule has 1 aliphatic carbocycles. The molecular formula is C18H26N2. The SMILES string of the molecule is CC(CN(C)C1CCCCC1)c1ccc2cc[nH]c2c1. The highest BCUT2D eigenvalue weighted by molar-refractivity contribution is 5.79. The largest absolute Gasteiger partial charge is 0.361 e. The molecule has 1 aromatic heterocycles. The summed E-state index contributed by atoms with van der Waals surface area (Å²) in [6, 6.07) is 9.78. The summed E-state index contributed by atoms with van der Waals surface area (Å²) in [5.41, 5.74) is 2.71. The Morgan fingerprint density at radius 2 is 2.00 bits per heavy atom. The summed E-state index contributed by atoms with van der Waals surface area (Å²) >= 11 is 0. The van der Waals surface area contributed by atoms with E-state index in [1.54, 1.807) is 0 Å². The second-order valence-corrected chi connectivity index (χ2v) is 6.46. The highest BCUT2D eigenvalue weighted by Crippen LogP contribution is 2.25. The Kier molecular flexibility index (Phi) is 4.11. The minimum Gasteiger partial charge on any atom is -0.361 e. The first-order valence-electron chi connectivity index (χ1n) is 8.01. The Morgan fingerprint density at radius 1 is 1.20 bits per heavy atom. The van der Waals surface area contributed by atoms with Crippen molar-refractivity contribution in [3.05, 3.63) is 36.0 Å². The van der Waals surface area contributed by atoms with Crippen LogP contribution in [0.2, 0.25) is 0 Å². The van der Waals surface area contributed by atoms with Gasteiger partial charge in [0.05, 0.1) is 0 Å². The van der Waals surface area contributed by atoms with Gasteiger partial charge in [0.15, 0.2) is 0 Å². The molecule has 1 atom stereocenters. The van der Waals surface area contributed by atoms with E-state index in [-0.39, 0.29) is 0 Å². The molecule has 2 heteroatoms. The van der Waals surface area contributed by atoms with Gasteiger partial charge in [-0.2, -0.15) is 0 Å². The zero-order chi connectivity index (χ0) is 13.9. The molecule has 20 heavy (non-hydrogen) atoms. The van der Waals surface area contributed by atoms with Gasteiger partial charge in [-0.15, -0.1) is 0 Å². The summed E-state index contributed by atoms with van der Waals surface area (Å²) in [5.74, 6) is 0.592. The molecular weight excluding hydrogens is 244 g/mol. The van der Waals surface area contributed by atoms with Gasteiger partial charge in [0.2, 0.25) is 0 Å². The molecule has 1 fully saturated rings. The summed E-state index contributed by atoms with van der Waals surface area (Å²) in [6.07, 6.45) is 9.06. The van der Waals surface area contributed by atoms with E-state index in [4.69, 9.17) is 0 Å². The summed E-state index contributed by atoms with van der Waals surface area (Å²) in [5, 5.41) is 1.31. The number of H-pyrrole nitrogens is 1. The van der Waals surface area contributed by atoms with E-state index in [9.17, 15) is 0 Å². The Morgan fingerprint density at radius 3 is 2.80 bits per heavy atom. The van der Waals surface area contributed by atoms with Crippen LogP contribution in [0.3, 0.4) is 0 Å². The average Bonchev–Trinajstić information content (AvgIpc) is 2.95. The molecule has 1 aliphatic rings. The van der Waals surface area contributed by atoms with Crippen LogP contribution in [0.1, 0.15) is 50.5 Å². The topological polar surface area (TPSA) is 19.0 Å². The molecule has 0 aliphatic heterocycles. The van der Waals surface area contributed by atoms with Gasteiger partial charge < -0.3 is 9.88 Å². The molecule has 1 saturated carbocycles. The van der Waals surface area contributed by atoms with Crippen LogP contribution in [0.15, 0.2) is 30.5 Å². The van der Waals surface area contributed by atoms with E-state index < -0.39 is 0 Å². The van der Waals surface area contributed by atoms with Gasteiger partial charge in [0.25, 0.3) is 0 Å². The molecule has 1 aromatic carbocycles. The van der Waals surface area contributed by atoms with Gasteiger partial charge in [-0.1, -0.05) is 38.3 Å². The van der Waals surface area contributed by atoms with Crippen LogP contribution in [0.5, 0.6) is 0 Å². The van der Waals surface area contributed by atoms with E-state index in [0.29, 0.717) is 5.92 Å². The quantitative estimate of drug-likeness (QED) is 0.864. The molecule has 0 spiro atoms. The minimum absolute atomic E-state index is 0.592. The van der Waals surface area contributed by atoms with Gasteiger partial charge in [0, 0.05) is 24.3 Å². The molecule has 1 unspecified atom stereocenters. The standard InChI is InChI=1S/C18H26N2/c1-14(13-20(2)17-6-4-3-5-7-17)16-9-8-15-10-11-19-18(15)12-16/h8-12,14,17,19H,3-7,13H2,1-2H3. The molecule has 2 aromatic rings. The second-order valence-electron chi connectivity index (χ2n) is 6.46. The lowest BCUT2D eigenvalue weighted by Crippen LogP contribution is -2.35. The highest BCUT2D eigenvalue weighted by Gasteiger charge is 2.20. The van der Waals surface area contributed by atoms with E-state index in [0.717, 1.165) is 12.6 Å². The lowest BCUT2D eigenvalue weighted by Gasteiger charge is -2.33. The number of nitrogens with zero attached hydrogens (tertiary/aromatic N) is 1.